The number of ether oxygens (including phenoxy) is 1. The minimum absolute atomic E-state index is 0.0502. The van der Waals surface area contributed by atoms with Gasteiger partial charge in [-0.15, -0.1) is 0 Å². The van der Waals surface area contributed by atoms with E-state index in [9.17, 15) is 0 Å². The van der Waals surface area contributed by atoms with Gasteiger partial charge in [0.05, 0.1) is 7.11 Å². The molecule has 0 atom stereocenters. The first-order valence-electron chi connectivity index (χ1n) is 5.31. The molecule has 1 aromatic carbocycles. The first-order chi connectivity index (χ1) is 8.70. The van der Waals surface area contributed by atoms with Gasteiger partial charge in [0.1, 0.15) is 11.6 Å². The van der Waals surface area contributed by atoms with Gasteiger partial charge in [-0.05, 0) is 30.3 Å². The number of aromatic nitrogens is 1. The van der Waals surface area contributed by atoms with Gasteiger partial charge in [0.2, 0.25) is 0 Å². The molecule has 0 unspecified atom stereocenters. The smallest absolute Gasteiger partial charge is 0.123 e. The fourth-order valence-corrected chi connectivity index (χ4v) is 2.44. The SMILES string of the molecule is COc1ccc(C(=N)N)c(Sc2ccncc2)c1. The van der Waals surface area contributed by atoms with Crippen LogP contribution in [0.3, 0.4) is 0 Å². The van der Waals surface area contributed by atoms with Crippen molar-refractivity contribution < 1.29 is 4.74 Å². The second kappa shape index (κ2) is 5.55. The summed E-state index contributed by atoms with van der Waals surface area (Å²) in [6.45, 7) is 0. The van der Waals surface area contributed by atoms with Crippen LogP contribution in [0.1, 0.15) is 5.56 Å². The number of hydrogen-bond acceptors (Lipinski definition) is 4. The van der Waals surface area contributed by atoms with Gasteiger partial charge in [-0.25, -0.2) is 0 Å². The standard InChI is InChI=1S/C13H13N3OS/c1-17-9-2-3-11(13(14)15)12(8-9)18-10-4-6-16-7-5-10/h2-8H,1H3,(H3,14,15). The van der Waals surface area contributed by atoms with Crippen molar-refractivity contribution in [1.82, 2.24) is 4.98 Å². The van der Waals surface area contributed by atoms with E-state index in [0.717, 1.165) is 15.5 Å². The summed E-state index contributed by atoms with van der Waals surface area (Å²) < 4.78 is 5.19. The van der Waals surface area contributed by atoms with Crippen molar-refractivity contribution in [2.24, 2.45) is 5.73 Å². The molecule has 1 aromatic heterocycles. The first kappa shape index (κ1) is 12.4. The highest BCUT2D eigenvalue weighted by molar-refractivity contribution is 7.99. The Labute approximate surface area is 110 Å². The monoisotopic (exact) mass is 259 g/mol. The zero-order valence-electron chi connectivity index (χ0n) is 9.88. The highest BCUT2D eigenvalue weighted by Crippen LogP contribution is 2.32. The number of hydrogen-bond donors (Lipinski definition) is 2. The predicted molar refractivity (Wildman–Crippen MR) is 72.4 cm³/mol. The van der Waals surface area contributed by atoms with Crippen LogP contribution in [0.15, 0.2) is 52.5 Å². The molecule has 4 nitrogen and oxygen atoms in total. The fourth-order valence-electron chi connectivity index (χ4n) is 1.47. The van der Waals surface area contributed by atoms with Gasteiger partial charge in [-0.2, -0.15) is 0 Å². The molecular formula is C13H13N3OS. The molecule has 92 valence electrons. The van der Waals surface area contributed by atoms with Gasteiger partial charge < -0.3 is 10.5 Å². The molecule has 0 bridgehead atoms. The molecule has 3 N–H and O–H groups in total. The Morgan fingerprint density at radius 2 is 2.00 bits per heavy atom. The molecule has 0 spiro atoms. The summed E-state index contributed by atoms with van der Waals surface area (Å²) >= 11 is 1.53. The molecule has 0 saturated heterocycles. The lowest BCUT2D eigenvalue weighted by molar-refractivity contribution is 0.413. The number of methoxy groups -OCH3 is 1. The number of nitrogen functional groups attached to an aromatic ring is 1. The van der Waals surface area contributed by atoms with E-state index in [1.165, 1.54) is 11.8 Å². The summed E-state index contributed by atoms with van der Waals surface area (Å²) in [6.07, 6.45) is 3.46. The van der Waals surface area contributed by atoms with Crippen molar-refractivity contribution in [3.05, 3.63) is 48.3 Å². The van der Waals surface area contributed by atoms with Crippen molar-refractivity contribution in [3.8, 4) is 5.75 Å². The molecule has 1 heterocycles. The summed E-state index contributed by atoms with van der Waals surface area (Å²) in [5, 5.41) is 7.58. The lowest BCUT2D eigenvalue weighted by atomic mass is 10.2. The second-order valence-electron chi connectivity index (χ2n) is 3.56. The minimum Gasteiger partial charge on any atom is -0.497 e. The normalized spacial score (nSPS) is 10.1. The predicted octanol–water partition coefficient (Wildman–Crippen LogP) is 2.53. The molecule has 0 aliphatic heterocycles. The lowest BCUT2D eigenvalue weighted by Gasteiger charge is -2.09. The number of nitrogens with one attached hydrogen (secondary N) is 1. The van der Waals surface area contributed by atoms with Gasteiger partial charge in [0.15, 0.2) is 0 Å². The van der Waals surface area contributed by atoms with E-state index in [0.29, 0.717) is 5.56 Å². The molecule has 2 rings (SSSR count). The Hall–Kier alpha value is -2.01. The highest BCUT2D eigenvalue weighted by atomic mass is 32.2. The first-order valence-corrected chi connectivity index (χ1v) is 6.12. The van der Waals surface area contributed by atoms with E-state index in [2.05, 4.69) is 4.98 Å². The van der Waals surface area contributed by atoms with Crippen molar-refractivity contribution in [2.45, 2.75) is 9.79 Å². The number of benzene rings is 1. The summed E-state index contributed by atoms with van der Waals surface area (Å²) in [7, 11) is 1.61. The third-order valence-corrected chi connectivity index (χ3v) is 3.42. The quantitative estimate of drug-likeness (QED) is 0.653. The third kappa shape index (κ3) is 2.81. The highest BCUT2D eigenvalue weighted by Gasteiger charge is 2.08. The van der Waals surface area contributed by atoms with E-state index in [-0.39, 0.29) is 5.84 Å². The van der Waals surface area contributed by atoms with Gasteiger partial charge in [-0.1, -0.05) is 11.8 Å². The van der Waals surface area contributed by atoms with Crippen LogP contribution < -0.4 is 10.5 Å². The van der Waals surface area contributed by atoms with E-state index in [1.807, 2.05) is 18.2 Å². The number of nitrogens with zero attached hydrogens (tertiary/aromatic N) is 1. The van der Waals surface area contributed by atoms with Crippen LogP contribution in [0.5, 0.6) is 5.75 Å². The third-order valence-electron chi connectivity index (χ3n) is 2.36. The van der Waals surface area contributed by atoms with Gasteiger partial charge in [-0.3, -0.25) is 10.4 Å². The topological polar surface area (TPSA) is 72.0 Å². The minimum atomic E-state index is 0.0502. The molecule has 2 aromatic rings. The Bertz CT molecular complexity index is 557. The molecule has 5 heteroatoms. The Morgan fingerprint density at radius 1 is 1.28 bits per heavy atom. The Morgan fingerprint density at radius 3 is 2.61 bits per heavy atom. The Kier molecular flexibility index (Phi) is 3.84. The molecule has 0 aliphatic rings. The van der Waals surface area contributed by atoms with Gasteiger partial charge in [0, 0.05) is 27.7 Å². The molecule has 0 aliphatic carbocycles. The summed E-state index contributed by atoms with van der Waals surface area (Å²) in [5.74, 6) is 0.797. The van der Waals surface area contributed by atoms with Crippen molar-refractivity contribution in [3.63, 3.8) is 0 Å². The zero-order chi connectivity index (χ0) is 13.0. The maximum atomic E-state index is 7.58. The number of amidine groups is 1. The van der Waals surface area contributed by atoms with Crippen LogP contribution in [0, 0.1) is 5.41 Å². The summed E-state index contributed by atoms with van der Waals surface area (Å²) in [5.41, 5.74) is 6.28. The van der Waals surface area contributed by atoms with E-state index >= 15 is 0 Å². The fraction of sp³-hybridized carbons (Fsp3) is 0.0769. The molecule has 0 fully saturated rings. The molecule has 0 radical (unpaired) electrons. The number of pyridine rings is 1. The largest absolute Gasteiger partial charge is 0.497 e. The van der Waals surface area contributed by atoms with Gasteiger partial charge >= 0.3 is 0 Å². The van der Waals surface area contributed by atoms with Crippen LogP contribution in [0.2, 0.25) is 0 Å². The van der Waals surface area contributed by atoms with Crippen LogP contribution in [0.25, 0.3) is 0 Å². The summed E-state index contributed by atoms with van der Waals surface area (Å²) in [4.78, 5) is 5.91. The molecule has 18 heavy (non-hydrogen) atoms. The zero-order valence-corrected chi connectivity index (χ0v) is 10.7. The molecular weight excluding hydrogens is 246 g/mol. The average Bonchev–Trinajstić information content (AvgIpc) is 2.39. The van der Waals surface area contributed by atoms with E-state index < -0.39 is 0 Å². The van der Waals surface area contributed by atoms with E-state index in [4.69, 9.17) is 15.9 Å². The maximum Gasteiger partial charge on any atom is 0.123 e. The molecule has 0 saturated carbocycles. The van der Waals surface area contributed by atoms with Gasteiger partial charge in [0.25, 0.3) is 0 Å². The van der Waals surface area contributed by atoms with Crippen LogP contribution >= 0.6 is 11.8 Å². The second-order valence-corrected chi connectivity index (χ2v) is 4.68. The van der Waals surface area contributed by atoms with E-state index in [1.54, 1.807) is 31.6 Å². The van der Waals surface area contributed by atoms with Crippen molar-refractivity contribution in [2.75, 3.05) is 7.11 Å². The van der Waals surface area contributed by atoms with Crippen LogP contribution in [0.4, 0.5) is 0 Å². The Balaban J connectivity index is 2.38. The maximum absolute atomic E-state index is 7.58. The number of nitrogens with two attached hydrogens (primary N) is 1. The molecule has 0 amide bonds. The average molecular weight is 259 g/mol. The van der Waals surface area contributed by atoms with Crippen LogP contribution in [-0.4, -0.2) is 17.9 Å². The lowest BCUT2D eigenvalue weighted by Crippen LogP contribution is -2.12. The van der Waals surface area contributed by atoms with Crippen LogP contribution in [-0.2, 0) is 0 Å². The van der Waals surface area contributed by atoms with Crippen molar-refractivity contribution in [1.29, 1.82) is 5.41 Å². The van der Waals surface area contributed by atoms with Crippen molar-refractivity contribution >= 4 is 17.6 Å². The number of rotatable bonds is 4. The summed E-state index contributed by atoms with van der Waals surface area (Å²) in [6, 6.07) is 9.29.